The zero-order chi connectivity index (χ0) is 14.7. The summed E-state index contributed by atoms with van der Waals surface area (Å²) in [5, 5.41) is 8.26. The van der Waals surface area contributed by atoms with Crippen molar-refractivity contribution in [2.45, 2.75) is 13.1 Å². The maximum Gasteiger partial charge on any atom is 0.151 e. The van der Waals surface area contributed by atoms with Gasteiger partial charge in [-0.2, -0.15) is 5.10 Å². The van der Waals surface area contributed by atoms with E-state index in [1.165, 1.54) is 0 Å². The molecule has 0 radical (unpaired) electrons. The summed E-state index contributed by atoms with van der Waals surface area (Å²) in [7, 11) is 3.98. The Kier molecular flexibility index (Phi) is 3.79. The zero-order valence-corrected chi connectivity index (χ0v) is 12.1. The Morgan fingerprint density at radius 2 is 2.14 bits per heavy atom. The van der Waals surface area contributed by atoms with Crippen LogP contribution in [-0.4, -0.2) is 31.9 Å². The van der Waals surface area contributed by atoms with Crippen LogP contribution in [0.15, 0.2) is 47.4 Å². The quantitative estimate of drug-likeness (QED) is 0.717. The molecule has 0 aliphatic heterocycles. The minimum Gasteiger partial charge on any atom is -0.359 e. The summed E-state index contributed by atoms with van der Waals surface area (Å²) in [6.45, 7) is 1.50. The lowest BCUT2D eigenvalue weighted by molar-refractivity contribution is 0.261. The number of hydrogen-bond donors (Lipinski definition) is 0. The number of aromatic nitrogens is 4. The largest absolute Gasteiger partial charge is 0.359 e. The lowest BCUT2D eigenvalue weighted by atomic mass is 10.2. The van der Waals surface area contributed by atoms with Gasteiger partial charge in [0.2, 0.25) is 0 Å². The molecule has 0 unspecified atom stereocenters. The first-order chi connectivity index (χ1) is 10.2. The van der Waals surface area contributed by atoms with Crippen molar-refractivity contribution >= 4 is 0 Å². The van der Waals surface area contributed by atoms with Gasteiger partial charge in [-0.3, -0.25) is 14.6 Å². The van der Waals surface area contributed by atoms with Crippen LogP contribution < -0.4 is 0 Å². The van der Waals surface area contributed by atoms with Gasteiger partial charge in [-0.05, 0) is 25.2 Å². The highest BCUT2D eigenvalue weighted by molar-refractivity contribution is 5.57. The highest BCUT2D eigenvalue weighted by Crippen LogP contribution is 2.18. The van der Waals surface area contributed by atoms with Gasteiger partial charge >= 0.3 is 0 Å². The first-order valence-corrected chi connectivity index (χ1v) is 6.74. The van der Waals surface area contributed by atoms with Gasteiger partial charge in [-0.1, -0.05) is 5.16 Å². The fraction of sp³-hybridized carbons (Fsp3) is 0.267. The molecule has 0 fully saturated rings. The predicted octanol–water partition coefficient (Wildman–Crippen LogP) is 2.10. The number of aryl methyl sites for hydroxylation is 1. The topological polar surface area (TPSA) is 60.0 Å². The molecule has 0 amide bonds. The minimum absolute atomic E-state index is 0.693. The van der Waals surface area contributed by atoms with Crippen molar-refractivity contribution in [3.8, 4) is 11.3 Å². The minimum atomic E-state index is 0.693. The predicted molar refractivity (Wildman–Crippen MR) is 78.1 cm³/mol. The Balaban J connectivity index is 1.66. The molecule has 0 atom stereocenters. The fourth-order valence-electron chi connectivity index (χ4n) is 2.19. The van der Waals surface area contributed by atoms with Crippen LogP contribution in [0.25, 0.3) is 11.3 Å². The van der Waals surface area contributed by atoms with Crippen LogP contribution in [-0.2, 0) is 20.1 Å². The summed E-state index contributed by atoms with van der Waals surface area (Å²) in [6, 6.07) is 7.82. The molecule has 3 aromatic rings. The highest BCUT2D eigenvalue weighted by Gasteiger charge is 2.10. The highest BCUT2D eigenvalue weighted by atomic mass is 16.5. The Bertz CT molecular complexity index is 704. The summed E-state index contributed by atoms with van der Waals surface area (Å²) in [5.41, 5.74) is 2.93. The zero-order valence-electron chi connectivity index (χ0n) is 12.1. The Morgan fingerprint density at radius 1 is 1.24 bits per heavy atom. The average molecular weight is 283 g/mol. The van der Waals surface area contributed by atoms with Crippen molar-refractivity contribution in [2.24, 2.45) is 7.05 Å². The van der Waals surface area contributed by atoms with E-state index in [2.05, 4.69) is 20.1 Å². The summed E-state index contributed by atoms with van der Waals surface area (Å²) < 4.78 is 7.27. The van der Waals surface area contributed by atoms with E-state index in [1.54, 1.807) is 18.6 Å². The molecule has 0 saturated heterocycles. The average Bonchev–Trinajstić information content (AvgIpc) is 3.10. The molecule has 6 heteroatoms. The monoisotopic (exact) mass is 283 g/mol. The van der Waals surface area contributed by atoms with Gasteiger partial charge in [0.15, 0.2) is 5.76 Å². The number of nitrogens with zero attached hydrogens (tertiary/aromatic N) is 5. The third-order valence-electron chi connectivity index (χ3n) is 3.30. The molecule has 0 bridgehead atoms. The molecule has 0 saturated carbocycles. The van der Waals surface area contributed by atoms with Crippen LogP contribution in [0.4, 0.5) is 0 Å². The first kappa shape index (κ1) is 13.5. The van der Waals surface area contributed by atoms with Crippen LogP contribution in [0.3, 0.4) is 0 Å². The lowest BCUT2D eigenvalue weighted by Crippen LogP contribution is -2.18. The molecule has 0 aliphatic rings. The molecule has 0 aliphatic carbocycles. The van der Waals surface area contributed by atoms with Gasteiger partial charge in [0.05, 0.1) is 12.2 Å². The SMILES string of the molecule is CN(Cc1cc(-c2cccnc2)no1)Cc1ccnn1C. The summed E-state index contributed by atoms with van der Waals surface area (Å²) >= 11 is 0. The van der Waals surface area contributed by atoms with E-state index in [0.29, 0.717) is 6.54 Å². The van der Waals surface area contributed by atoms with Crippen molar-refractivity contribution in [3.05, 3.63) is 54.3 Å². The maximum absolute atomic E-state index is 5.40. The van der Waals surface area contributed by atoms with Crippen molar-refractivity contribution in [2.75, 3.05) is 7.05 Å². The van der Waals surface area contributed by atoms with Crippen LogP contribution in [0.5, 0.6) is 0 Å². The Morgan fingerprint density at radius 3 is 2.86 bits per heavy atom. The second-order valence-electron chi connectivity index (χ2n) is 5.04. The van der Waals surface area contributed by atoms with E-state index in [1.807, 2.05) is 43.0 Å². The van der Waals surface area contributed by atoms with Gasteiger partial charge in [0.1, 0.15) is 5.69 Å². The molecular formula is C15H17N5O. The lowest BCUT2D eigenvalue weighted by Gasteiger charge is -2.14. The summed E-state index contributed by atoms with van der Waals surface area (Å²) in [4.78, 5) is 6.25. The number of rotatable bonds is 5. The Hall–Kier alpha value is -2.47. The first-order valence-electron chi connectivity index (χ1n) is 6.74. The standard InChI is InChI=1S/C15H17N5O/c1-19(10-13-5-7-17-20(13)2)11-14-8-15(18-21-14)12-4-3-6-16-9-12/h3-9H,10-11H2,1-2H3. The molecule has 3 heterocycles. The van der Waals surface area contributed by atoms with Gasteiger partial charge in [-0.25, -0.2) is 0 Å². The van der Waals surface area contributed by atoms with E-state index < -0.39 is 0 Å². The third-order valence-corrected chi connectivity index (χ3v) is 3.30. The van der Waals surface area contributed by atoms with Crippen LogP contribution >= 0.6 is 0 Å². The van der Waals surface area contributed by atoms with E-state index in [4.69, 9.17) is 4.52 Å². The van der Waals surface area contributed by atoms with Crippen molar-refractivity contribution < 1.29 is 4.52 Å². The summed E-state index contributed by atoms with van der Waals surface area (Å²) in [6.07, 6.45) is 5.32. The van der Waals surface area contributed by atoms with E-state index in [-0.39, 0.29) is 0 Å². The molecule has 0 spiro atoms. The van der Waals surface area contributed by atoms with Crippen LogP contribution in [0.1, 0.15) is 11.5 Å². The molecule has 3 aromatic heterocycles. The molecule has 21 heavy (non-hydrogen) atoms. The van der Waals surface area contributed by atoms with Crippen molar-refractivity contribution in [3.63, 3.8) is 0 Å². The van der Waals surface area contributed by atoms with Crippen molar-refractivity contribution in [1.29, 1.82) is 0 Å². The molecule has 3 rings (SSSR count). The molecule has 108 valence electrons. The fourth-order valence-corrected chi connectivity index (χ4v) is 2.19. The smallest absolute Gasteiger partial charge is 0.151 e. The normalized spacial score (nSPS) is 11.2. The van der Waals surface area contributed by atoms with Crippen molar-refractivity contribution in [1.82, 2.24) is 24.8 Å². The molecule has 0 aromatic carbocycles. The maximum atomic E-state index is 5.40. The Labute approximate surface area is 123 Å². The van der Waals surface area contributed by atoms with Gasteiger partial charge in [0.25, 0.3) is 0 Å². The van der Waals surface area contributed by atoms with Gasteiger partial charge in [-0.15, -0.1) is 0 Å². The molecule has 6 nitrogen and oxygen atoms in total. The molecular weight excluding hydrogens is 266 g/mol. The third kappa shape index (κ3) is 3.17. The van der Waals surface area contributed by atoms with Gasteiger partial charge < -0.3 is 4.52 Å². The molecule has 0 N–H and O–H groups in total. The number of pyridine rings is 1. The number of hydrogen-bond acceptors (Lipinski definition) is 5. The van der Waals surface area contributed by atoms with Crippen LogP contribution in [0.2, 0.25) is 0 Å². The van der Waals surface area contributed by atoms with E-state index in [9.17, 15) is 0 Å². The second-order valence-corrected chi connectivity index (χ2v) is 5.04. The van der Waals surface area contributed by atoms with Crippen LogP contribution in [0, 0.1) is 0 Å². The van der Waals surface area contributed by atoms with E-state index >= 15 is 0 Å². The second kappa shape index (κ2) is 5.88. The van der Waals surface area contributed by atoms with Gasteiger partial charge in [0, 0.05) is 43.8 Å². The van der Waals surface area contributed by atoms with E-state index in [0.717, 1.165) is 29.3 Å². The summed E-state index contributed by atoms with van der Waals surface area (Å²) in [5.74, 6) is 0.832.